The van der Waals surface area contributed by atoms with E-state index in [2.05, 4.69) is 6.58 Å². The molecule has 1 aliphatic rings. The molecule has 13 heavy (non-hydrogen) atoms. The summed E-state index contributed by atoms with van der Waals surface area (Å²) in [6.45, 7) is 3.56. The standard InChI is InChI=1S/C11H8O2/c1-8-7-10(11(12)13-8)9-5-3-2-4-6-9/h2-7H,1H2. The van der Waals surface area contributed by atoms with Crippen molar-refractivity contribution in [3.8, 4) is 0 Å². The molecule has 0 spiro atoms. The topological polar surface area (TPSA) is 26.3 Å². The van der Waals surface area contributed by atoms with Crippen LogP contribution in [0.5, 0.6) is 0 Å². The normalized spacial score (nSPS) is 15.5. The summed E-state index contributed by atoms with van der Waals surface area (Å²) < 4.78 is 4.80. The van der Waals surface area contributed by atoms with Crippen molar-refractivity contribution in [1.82, 2.24) is 0 Å². The van der Waals surface area contributed by atoms with Crippen molar-refractivity contribution < 1.29 is 9.53 Å². The molecule has 2 rings (SSSR count). The summed E-state index contributed by atoms with van der Waals surface area (Å²) in [5.41, 5.74) is 1.44. The molecule has 0 unspecified atom stereocenters. The third-order valence-electron chi connectivity index (χ3n) is 1.83. The summed E-state index contributed by atoms with van der Waals surface area (Å²) in [6.07, 6.45) is 1.65. The summed E-state index contributed by atoms with van der Waals surface area (Å²) in [5, 5.41) is 0. The lowest BCUT2D eigenvalue weighted by atomic mass is 10.1. The van der Waals surface area contributed by atoms with Gasteiger partial charge in [-0.2, -0.15) is 0 Å². The summed E-state index contributed by atoms with van der Waals surface area (Å²) in [4.78, 5) is 11.2. The van der Waals surface area contributed by atoms with Gasteiger partial charge in [0.05, 0.1) is 5.57 Å². The van der Waals surface area contributed by atoms with Crippen molar-refractivity contribution in [2.24, 2.45) is 0 Å². The Labute approximate surface area is 76.1 Å². The fourth-order valence-corrected chi connectivity index (χ4v) is 1.24. The highest BCUT2D eigenvalue weighted by molar-refractivity contribution is 6.19. The highest BCUT2D eigenvalue weighted by Gasteiger charge is 2.20. The van der Waals surface area contributed by atoms with Crippen LogP contribution >= 0.6 is 0 Å². The predicted molar refractivity (Wildman–Crippen MR) is 49.7 cm³/mol. The molecule has 0 aromatic heterocycles. The van der Waals surface area contributed by atoms with Crippen molar-refractivity contribution in [1.29, 1.82) is 0 Å². The van der Waals surface area contributed by atoms with Gasteiger partial charge in [0.1, 0.15) is 5.76 Å². The summed E-state index contributed by atoms with van der Waals surface area (Å²) >= 11 is 0. The van der Waals surface area contributed by atoms with Gasteiger partial charge < -0.3 is 4.74 Å². The summed E-state index contributed by atoms with van der Waals surface area (Å²) in [7, 11) is 0. The molecule has 0 radical (unpaired) electrons. The monoisotopic (exact) mass is 172 g/mol. The average molecular weight is 172 g/mol. The van der Waals surface area contributed by atoms with Gasteiger partial charge in [-0.3, -0.25) is 0 Å². The minimum Gasteiger partial charge on any atom is -0.424 e. The number of hydrogen-bond acceptors (Lipinski definition) is 2. The smallest absolute Gasteiger partial charge is 0.344 e. The van der Waals surface area contributed by atoms with Gasteiger partial charge in [-0.25, -0.2) is 4.79 Å². The number of carbonyl (C=O) groups is 1. The molecule has 64 valence electrons. The molecular weight excluding hydrogens is 164 g/mol. The first kappa shape index (κ1) is 7.80. The van der Waals surface area contributed by atoms with E-state index in [-0.39, 0.29) is 5.97 Å². The molecule has 1 aliphatic heterocycles. The number of benzene rings is 1. The van der Waals surface area contributed by atoms with Crippen molar-refractivity contribution in [3.63, 3.8) is 0 Å². The van der Waals surface area contributed by atoms with Crippen LogP contribution in [0.4, 0.5) is 0 Å². The minimum atomic E-state index is -0.323. The first-order valence-electron chi connectivity index (χ1n) is 3.95. The van der Waals surface area contributed by atoms with E-state index in [9.17, 15) is 4.79 Å². The average Bonchev–Trinajstić information content (AvgIpc) is 2.47. The third-order valence-corrected chi connectivity index (χ3v) is 1.83. The Kier molecular flexibility index (Phi) is 1.74. The van der Waals surface area contributed by atoms with Crippen LogP contribution in [0, 0.1) is 0 Å². The number of carbonyl (C=O) groups excluding carboxylic acids is 1. The molecule has 0 bridgehead atoms. The largest absolute Gasteiger partial charge is 0.424 e. The van der Waals surface area contributed by atoms with Gasteiger partial charge in [0.25, 0.3) is 0 Å². The Morgan fingerprint density at radius 2 is 1.85 bits per heavy atom. The van der Waals surface area contributed by atoms with Gasteiger partial charge in [-0.1, -0.05) is 36.9 Å². The lowest BCUT2D eigenvalue weighted by Crippen LogP contribution is -1.97. The van der Waals surface area contributed by atoms with E-state index < -0.39 is 0 Å². The Bertz CT molecular complexity index is 388. The Hall–Kier alpha value is -1.83. The number of esters is 1. The Morgan fingerprint density at radius 3 is 2.38 bits per heavy atom. The lowest BCUT2D eigenvalue weighted by molar-refractivity contribution is -0.131. The van der Waals surface area contributed by atoms with Crippen LogP contribution in [0.2, 0.25) is 0 Å². The quantitative estimate of drug-likeness (QED) is 0.606. The van der Waals surface area contributed by atoms with Crippen molar-refractivity contribution in [2.75, 3.05) is 0 Å². The minimum absolute atomic E-state index is 0.323. The third kappa shape index (κ3) is 1.38. The number of rotatable bonds is 1. The molecule has 1 aromatic rings. The van der Waals surface area contributed by atoms with Crippen molar-refractivity contribution in [2.45, 2.75) is 0 Å². The first-order valence-corrected chi connectivity index (χ1v) is 3.95. The maximum Gasteiger partial charge on any atom is 0.344 e. The number of cyclic esters (lactones) is 1. The van der Waals surface area contributed by atoms with Crippen molar-refractivity contribution in [3.05, 3.63) is 54.3 Å². The van der Waals surface area contributed by atoms with E-state index in [1.165, 1.54) is 0 Å². The maximum atomic E-state index is 11.2. The van der Waals surface area contributed by atoms with Crippen LogP contribution in [0.1, 0.15) is 5.56 Å². The SMILES string of the molecule is C=C1C=C(c2ccccc2)C(=O)O1. The molecule has 0 saturated heterocycles. The van der Waals surface area contributed by atoms with Gasteiger partial charge in [-0.05, 0) is 11.6 Å². The zero-order valence-electron chi connectivity index (χ0n) is 6.99. The van der Waals surface area contributed by atoms with Crippen LogP contribution in [0.15, 0.2) is 48.7 Å². The van der Waals surface area contributed by atoms with Gasteiger partial charge in [-0.15, -0.1) is 0 Å². The van der Waals surface area contributed by atoms with Gasteiger partial charge in [0, 0.05) is 0 Å². The van der Waals surface area contributed by atoms with E-state index >= 15 is 0 Å². The molecule has 2 nitrogen and oxygen atoms in total. The fraction of sp³-hybridized carbons (Fsp3) is 0. The number of ether oxygens (including phenoxy) is 1. The Balaban J connectivity index is 2.43. The number of allylic oxidation sites excluding steroid dienone is 1. The Morgan fingerprint density at radius 1 is 1.15 bits per heavy atom. The molecular formula is C11H8O2. The van der Waals surface area contributed by atoms with Crippen LogP contribution in [-0.2, 0) is 9.53 Å². The fourth-order valence-electron chi connectivity index (χ4n) is 1.24. The first-order chi connectivity index (χ1) is 6.27. The van der Waals surface area contributed by atoms with Crippen LogP contribution in [0.25, 0.3) is 5.57 Å². The molecule has 0 aliphatic carbocycles. The molecule has 0 amide bonds. The van der Waals surface area contributed by atoms with Crippen LogP contribution in [-0.4, -0.2) is 5.97 Å². The van der Waals surface area contributed by atoms with E-state index in [0.29, 0.717) is 11.3 Å². The highest BCUT2D eigenvalue weighted by atomic mass is 16.5. The van der Waals surface area contributed by atoms with Gasteiger partial charge in [0.15, 0.2) is 0 Å². The number of hydrogen-bond donors (Lipinski definition) is 0. The van der Waals surface area contributed by atoms with E-state index in [1.54, 1.807) is 6.08 Å². The van der Waals surface area contributed by atoms with Gasteiger partial charge in [0.2, 0.25) is 0 Å². The van der Waals surface area contributed by atoms with E-state index in [0.717, 1.165) is 5.56 Å². The second-order valence-electron chi connectivity index (χ2n) is 2.78. The van der Waals surface area contributed by atoms with E-state index in [1.807, 2.05) is 30.3 Å². The zero-order chi connectivity index (χ0) is 9.26. The second-order valence-corrected chi connectivity index (χ2v) is 2.78. The molecule has 0 saturated carbocycles. The molecule has 2 heteroatoms. The van der Waals surface area contributed by atoms with Crippen LogP contribution in [0.3, 0.4) is 0 Å². The lowest BCUT2D eigenvalue weighted by Gasteiger charge is -1.97. The molecule has 1 aromatic carbocycles. The molecule has 1 heterocycles. The van der Waals surface area contributed by atoms with Crippen molar-refractivity contribution >= 4 is 11.5 Å². The summed E-state index contributed by atoms with van der Waals surface area (Å²) in [6, 6.07) is 9.39. The molecule has 0 N–H and O–H groups in total. The molecule has 0 fully saturated rings. The predicted octanol–water partition coefficient (Wildman–Crippen LogP) is 2.14. The highest BCUT2D eigenvalue weighted by Crippen LogP contribution is 2.24. The van der Waals surface area contributed by atoms with E-state index in [4.69, 9.17) is 4.74 Å². The second kappa shape index (κ2) is 2.90. The zero-order valence-corrected chi connectivity index (χ0v) is 6.99. The summed E-state index contributed by atoms with van der Waals surface area (Å²) in [5.74, 6) is 0.0834. The van der Waals surface area contributed by atoms with Gasteiger partial charge >= 0.3 is 5.97 Å². The van der Waals surface area contributed by atoms with Crippen LogP contribution < -0.4 is 0 Å². The molecule has 0 atom stereocenters. The maximum absolute atomic E-state index is 11.2.